The van der Waals surface area contributed by atoms with E-state index in [9.17, 15) is 19.5 Å². The molecule has 0 radical (unpaired) electrons. The van der Waals surface area contributed by atoms with Gasteiger partial charge in [0.25, 0.3) is 0 Å². The number of hydrogen-bond donors (Lipinski definition) is 1. The number of carbonyl (C=O) groups excluding carboxylic acids is 1. The number of hydrogen-bond acceptors (Lipinski definition) is 6. The number of rotatable bonds is 10. The SMILES string of the molecule is CCOC(=O)Cc1cccc2c(=O)cc(-c3ccc(OC(CCC4=CCCCC4)C(=O)O)cc3)oc12. The maximum absolute atomic E-state index is 12.8. The molecule has 4 rings (SSSR count). The maximum atomic E-state index is 12.8. The van der Waals surface area contributed by atoms with Crippen LogP contribution >= 0.6 is 0 Å². The highest BCUT2D eigenvalue weighted by atomic mass is 16.5. The molecule has 188 valence electrons. The van der Waals surface area contributed by atoms with E-state index in [1.807, 2.05) is 0 Å². The van der Waals surface area contributed by atoms with Crippen LogP contribution in [0.25, 0.3) is 22.3 Å². The van der Waals surface area contributed by atoms with Crippen molar-refractivity contribution < 1.29 is 28.6 Å². The lowest BCUT2D eigenvalue weighted by Crippen LogP contribution is -2.27. The van der Waals surface area contributed by atoms with Crippen LogP contribution in [-0.4, -0.2) is 29.8 Å². The third-order valence-corrected chi connectivity index (χ3v) is 6.28. The predicted molar refractivity (Wildman–Crippen MR) is 136 cm³/mol. The number of carbonyl (C=O) groups is 2. The molecule has 7 nitrogen and oxygen atoms in total. The molecule has 1 aliphatic rings. The first-order chi connectivity index (χ1) is 17.4. The molecule has 2 aromatic carbocycles. The summed E-state index contributed by atoms with van der Waals surface area (Å²) in [5, 5.41) is 10.0. The highest BCUT2D eigenvalue weighted by Crippen LogP contribution is 2.28. The Labute approximate surface area is 209 Å². The van der Waals surface area contributed by atoms with Gasteiger partial charge in [-0.15, -0.1) is 0 Å². The Balaban J connectivity index is 1.52. The van der Waals surface area contributed by atoms with Crippen molar-refractivity contribution in [3.63, 3.8) is 0 Å². The van der Waals surface area contributed by atoms with E-state index >= 15 is 0 Å². The highest BCUT2D eigenvalue weighted by molar-refractivity contribution is 5.85. The van der Waals surface area contributed by atoms with Crippen LogP contribution in [0, 0.1) is 0 Å². The molecular formula is C29H30O7. The van der Waals surface area contributed by atoms with Crippen LogP contribution < -0.4 is 10.2 Å². The van der Waals surface area contributed by atoms with Gasteiger partial charge in [-0.25, -0.2) is 4.79 Å². The first-order valence-corrected chi connectivity index (χ1v) is 12.3. The van der Waals surface area contributed by atoms with Crippen molar-refractivity contribution in [2.24, 2.45) is 0 Å². The van der Waals surface area contributed by atoms with Crippen LogP contribution in [0.3, 0.4) is 0 Å². The maximum Gasteiger partial charge on any atom is 0.344 e. The van der Waals surface area contributed by atoms with E-state index < -0.39 is 18.0 Å². The van der Waals surface area contributed by atoms with E-state index in [0.29, 0.717) is 46.4 Å². The van der Waals surface area contributed by atoms with Gasteiger partial charge < -0.3 is 19.0 Å². The molecule has 0 saturated carbocycles. The topological polar surface area (TPSA) is 103 Å². The zero-order chi connectivity index (χ0) is 25.5. The monoisotopic (exact) mass is 490 g/mol. The number of fused-ring (bicyclic) bond motifs is 1. The molecule has 1 N–H and O–H groups in total. The summed E-state index contributed by atoms with van der Waals surface area (Å²) in [6, 6.07) is 13.3. The smallest absolute Gasteiger partial charge is 0.344 e. The van der Waals surface area contributed by atoms with Crippen molar-refractivity contribution in [2.75, 3.05) is 6.61 Å². The molecule has 3 aromatic rings. The Hall–Kier alpha value is -3.87. The molecule has 0 amide bonds. The summed E-state index contributed by atoms with van der Waals surface area (Å²) in [5.41, 5.74) is 2.63. The second-order valence-electron chi connectivity index (χ2n) is 8.87. The van der Waals surface area contributed by atoms with Crippen molar-refractivity contribution in [2.45, 2.75) is 58.0 Å². The first-order valence-electron chi connectivity index (χ1n) is 12.3. The fourth-order valence-corrected chi connectivity index (χ4v) is 4.43. The Bertz CT molecular complexity index is 1320. The molecule has 0 spiro atoms. The van der Waals surface area contributed by atoms with E-state index in [4.69, 9.17) is 13.9 Å². The van der Waals surface area contributed by atoms with Crippen LogP contribution in [-0.2, 0) is 20.7 Å². The van der Waals surface area contributed by atoms with Gasteiger partial charge in [0.05, 0.1) is 18.4 Å². The van der Waals surface area contributed by atoms with Crippen molar-refractivity contribution >= 4 is 22.9 Å². The van der Waals surface area contributed by atoms with Crippen molar-refractivity contribution in [1.29, 1.82) is 0 Å². The van der Waals surface area contributed by atoms with Gasteiger partial charge in [0.2, 0.25) is 0 Å². The summed E-state index contributed by atoms with van der Waals surface area (Å²) in [7, 11) is 0. The van der Waals surface area contributed by atoms with Gasteiger partial charge in [-0.05, 0) is 75.8 Å². The number of benzene rings is 2. The van der Waals surface area contributed by atoms with E-state index in [-0.39, 0.29) is 18.5 Å². The normalized spacial score (nSPS) is 14.2. The number of carboxylic acid groups (broad SMARTS) is 1. The molecule has 1 heterocycles. The molecule has 7 heteroatoms. The number of para-hydroxylation sites is 1. The lowest BCUT2D eigenvalue weighted by atomic mass is 9.95. The van der Waals surface area contributed by atoms with Gasteiger partial charge in [-0.3, -0.25) is 9.59 Å². The largest absolute Gasteiger partial charge is 0.479 e. The fraction of sp³-hybridized carbons (Fsp3) is 0.345. The van der Waals surface area contributed by atoms with Crippen LogP contribution in [0.5, 0.6) is 5.75 Å². The average Bonchev–Trinajstić information content (AvgIpc) is 2.88. The van der Waals surface area contributed by atoms with Crippen molar-refractivity contribution in [1.82, 2.24) is 0 Å². The zero-order valence-electron chi connectivity index (χ0n) is 20.3. The molecule has 36 heavy (non-hydrogen) atoms. The minimum Gasteiger partial charge on any atom is -0.479 e. The molecule has 0 aliphatic heterocycles. The molecule has 1 aromatic heterocycles. The zero-order valence-corrected chi connectivity index (χ0v) is 20.3. The number of carboxylic acids is 1. The standard InChI is InChI=1S/C29H30O7/c1-2-34-27(31)17-21-9-6-10-23-24(30)18-26(36-28(21)23)20-12-14-22(15-13-20)35-25(29(32)33)16-11-19-7-4-3-5-8-19/h6-7,9-10,12-15,18,25H,2-5,8,11,16-17H2,1H3,(H,32,33). The summed E-state index contributed by atoms with van der Waals surface area (Å²) >= 11 is 0. The van der Waals surface area contributed by atoms with Crippen LogP contribution in [0.2, 0.25) is 0 Å². The van der Waals surface area contributed by atoms with Crippen LogP contribution in [0.4, 0.5) is 0 Å². The summed E-state index contributed by atoms with van der Waals surface area (Å²) < 4.78 is 16.9. The van der Waals surface area contributed by atoms with Gasteiger partial charge in [0.15, 0.2) is 11.5 Å². The van der Waals surface area contributed by atoms with E-state index in [2.05, 4.69) is 6.08 Å². The Morgan fingerprint density at radius 1 is 1.11 bits per heavy atom. The predicted octanol–water partition coefficient (Wildman–Crippen LogP) is 5.68. The molecule has 0 saturated heterocycles. The van der Waals surface area contributed by atoms with Crippen LogP contribution in [0.15, 0.2) is 69.4 Å². The van der Waals surface area contributed by atoms with Crippen molar-refractivity contribution in [3.8, 4) is 17.1 Å². The molecule has 1 aliphatic carbocycles. The minimum atomic E-state index is -0.995. The summed E-state index contributed by atoms with van der Waals surface area (Å²) in [6.07, 6.45) is 6.83. The van der Waals surface area contributed by atoms with Gasteiger partial charge in [-0.1, -0.05) is 23.8 Å². The summed E-state index contributed by atoms with van der Waals surface area (Å²) in [5.74, 6) is -0.623. The summed E-state index contributed by atoms with van der Waals surface area (Å²) in [6.45, 7) is 2.01. The lowest BCUT2D eigenvalue weighted by molar-refractivity contribution is -0.145. The quantitative estimate of drug-likeness (QED) is 0.288. The number of esters is 1. The molecule has 1 unspecified atom stereocenters. The lowest BCUT2D eigenvalue weighted by Gasteiger charge is -2.18. The molecule has 1 atom stereocenters. The molecule has 0 bridgehead atoms. The number of allylic oxidation sites excluding steroid dienone is 2. The summed E-state index contributed by atoms with van der Waals surface area (Å²) in [4.78, 5) is 36.5. The van der Waals surface area contributed by atoms with Gasteiger partial charge in [0.1, 0.15) is 17.1 Å². The fourth-order valence-electron chi connectivity index (χ4n) is 4.43. The molecular weight excluding hydrogens is 460 g/mol. The third kappa shape index (κ3) is 6.22. The van der Waals surface area contributed by atoms with Gasteiger partial charge in [-0.2, -0.15) is 0 Å². The van der Waals surface area contributed by atoms with Crippen LogP contribution in [0.1, 0.15) is 51.0 Å². The second kappa shape index (κ2) is 11.7. The number of aliphatic carboxylic acids is 1. The van der Waals surface area contributed by atoms with E-state index in [1.54, 1.807) is 49.4 Å². The third-order valence-electron chi connectivity index (χ3n) is 6.28. The minimum absolute atomic E-state index is 0.00215. The Morgan fingerprint density at radius 2 is 1.92 bits per heavy atom. The first kappa shape index (κ1) is 25.2. The molecule has 0 fully saturated rings. The Kier molecular flexibility index (Phi) is 8.21. The van der Waals surface area contributed by atoms with Gasteiger partial charge in [0, 0.05) is 17.2 Å². The van der Waals surface area contributed by atoms with Gasteiger partial charge >= 0.3 is 11.9 Å². The van der Waals surface area contributed by atoms with E-state index in [1.165, 1.54) is 18.1 Å². The number of ether oxygens (including phenoxy) is 2. The van der Waals surface area contributed by atoms with E-state index in [0.717, 1.165) is 19.3 Å². The second-order valence-corrected chi connectivity index (χ2v) is 8.87. The Morgan fingerprint density at radius 3 is 2.61 bits per heavy atom. The average molecular weight is 491 g/mol. The van der Waals surface area contributed by atoms with Crippen molar-refractivity contribution in [3.05, 3.63) is 76.0 Å². The highest BCUT2D eigenvalue weighted by Gasteiger charge is 2.20.